The highest BCUT2D eigenvalue weighted by Crippen LogP contribution is 2.45. The Morgan fingerprint density at radius 3 is 2.34 bits per heavy atom. The van der Waals surface area contributed by atoms with E-state index in [0.29, 0.717) is 27.7 Å². The number of aromatic nitrogens is 2. The van der Waals surface area contributed by atoms with Crippen molar-refractivity contribution < 1.29 is 13.2 Å². The summed E-state index contributed by atoms with van der Waals surface area (Å²) >= 11 is 12.9. The molecule has 1 N–H and O–H groups in total. The van der Waals surface area contributed by atoms with Gasteiger partial charge in [-0.2, -0.15) is 13.2 Å². The Morgan fingerprint density at radius 2 is 1.68 bits per heavy atom. The summed E-state index contributed by atoms with van der Waals surface area (Å²) in [5, 5.41) is 4.66. The number of nitrogens with one attached hydrogen (secondary N) is 1. The number of aryl methyl sites for hydroxylation is 1. The minimum atomic E-state index is -4.44. The molecule has 0 aliphatic carbocycles. The molecule has 5 nitrogen and oxygen atoms in total. The Balaban J connectivity index is 1.44. The molecule has 0 amide bonds. The van der Waals surface area contributed by atoms with Gasteiger partial charge in [0.05, 0.1) is 34.1 Å². The number of alkyl halides is 3. The lowest BCUT2D eigenvalue weighted by Crippen LogP contribution is -2.38. The SMILES string of the molecule is Cc1cc([C@@H]2[C@@H](c3ccccn3)NC(=S)N2c2ccc(N3C[C@H](C)C[C@H](C)C3)c(Cl)c2)c(C)n1-c1cccc(C(F)(F)F)c1. The van der Waals surface area contributed by atoms with Gasteiger partial charge < -0.3 is 19.7 Å². The molecule has 4 aromatic rings. The van der Waals surface area contributed by atoms with Crippen LogP contribution in [0.4, 0.5) is 24.5 Å². The van der Waals surface area contributed by atoms with Crippen LogP contribution < -0.4 is 15.1 Å². The van der Waals surface area contributed by atoms with Gasteiger partial charge in [0.2, 0.25) is 0 Å². The van der Waals surface area contributed by atoms with Crippen molar-refractivity contribution in [2.24, 2.45) is 11.8 Å². The third-order valence-electron chi connectivity index (χ3n) is 8.74. The maximum atomic E-state index is 13.6. The second-order valence-corrected chi connectivity index (χ2v) is 13.0. The molecule has 4 atom stereocenters. The van der Waals surface area contributed by atoms with E-state index in [1.54, 1.807) is 12.3 Å². The van der Waals surface area contributed by atoms with Crippen LogP contribution in [0.5, 0.6) is 0 Å². The number of halogens is 4. The molecular formula is C34H35ClF3N5S. The molecule has 2 saturated heterocycles. The van der Waals surface area contributed by atoms with Crippen LogP contribution in [0.3, 0.4) is 0 Å². The molecule has 2 aromatic carbocycles. The maximum Gasteiger partial charge on any atom is 0.416 e. The molecule has 2 fully saturated rings. The van der Waals surface area contributed by atoms with E-state index >= 15 is 0 Å². The van der Waals surface area contributed by atoms with Gasteiger partial charge in [0.1, 0.15) is 0 Å². The number of nitrogens with zero attached hydrogens (tertiary/aromatic N) is 4. The second kappa shape index (κ2) is 11.7. The topological polar surface area (TPSA) is 36.3 Å². The smallest absolute Gasteiger partial charge is 0.370 e. The molecule has 0 spiro atoms. The first kappa shape index (κ1) is 30.5. The van der Waals surface area contributed by atoms with Gasteiger partial charge >= 0.3 is 6.18 Å². The number of rotatable bonds is 5. The molecule has 0 saturated carbocycles. The van der Waals surface area contributed by atoms with Gasteiger partial charge in [-0.1, -0.05) is 37.6 Å². The minimum Gasteiger partial charge on any atom is -0.370 e. The van der Waals surface area contributed by atoms with Crippen LogP contribution in [0.1, 0.15) is 60.6 Å². The van der Waals surface area contributed by atoms with E-state index in [4.69, 9.17) is 23.8 Å². The average molecular weight is 638 g/mol. The summed E-state index contributed by atoms with van der Waals surface area (Å²) in [5.41, 5.74) is 4.99. The Kier molecular flexibility index (Phi) is 8.13. The molecule has 2 aliphatic heterocycles. The van der Waals surface area contributed by atoms with Crippen molar-refractivity contribution >= 4 is 40.3 Å². The van der Waals surface area contributed by atoms with E-state index in [1.807, 2.05) is 48.7 Å². The van der Waals surface area contributed by atoms with Gasteiger partial charge in [0.15, 0.2) is 5.11 Å². The largest absolute Gasteiger partial charge is 0.416 e. The lowest BCUT2D eigenvalue weighted by atomic mass is 9.91. The van der Waals surface area contributed by atoms with E-state index in [-0.39, 0.29) is 12.1 Å². The van der Waals surface area contributed by atoms with Crippen LogP contribution >= 0.6 is 23.8 Å². The molecule has 230 valence electrons. The van der Waals surface area contributed by atoms with Crippen LogP contribution in [-0.4, -0.2) is 27.8 Å². The lowest BCUT2D eigenvalue weighted by Gasteiger charge is -2.37. The molecule has 6 rings (SSSR count). The van der Waals surface area contributed by atoms with Crippen LogP contribution in [0.25, 0.3) is 5.69 Å². The maximum absolute atomic E-state index is 13.6. The van der Waals surface area contributed by atoms with Crippen molar-refractivity contribution in [3.63, 3.8) is 0 Å². The number of benzene rings is 2. The molecule has 2 aromatic heterocycles. The summed E-state index contributed by atoms with van der Waals surface area (Å²) in [7, 11) is 0. The number of pyridine rings is 1. The van der Waals surface area contributed by atoms with E-state index in [0.717, 1.165) is 53.2 Å². The Hall–Kier alpha value is -3.56. The minimum absolute atomic E-state index is 0.304. The average Bonchev–Trinajstić information content (AvgIpc) is 3.47. The Morgan fingerprint density at radius 1 is 0.932 bits per heavy atom. The second-order valence-electron chi connectivity index (χ2n) is 12.2. The zero-order valence-electron chi connectivity index (χ0n) is 25.1. The van der Waals surface area contributed by atoms with E-state index in [1.165, 1.54) is 18.6 Å². The predicted octanol–water partition coefficient (Wildman–Crippen LogP) is 8.82. The predicted molar refractivity (Wildman–Crippen MR) is 175 cm³/mol. The van der Waals surface area contributed by atoms with Crippen molar-refractivity contribution in [2.75, 3.05) is 22.9 Å². The summed E-state index contributed by atoms with van der Waals surface area (Å²) in [6.07, 6.45) is -1.49. The number of hydrogen-bond donors (Lipinski definition) is 1. The van der Waals surface area contributed by atoms with Crippen molar-refractivity contribution in [3.8, 4) is 5.69 Å². The quantitative estimate of drug-likeness (QED) is 0.221. The number of hydrogen-bond acceptors (Lipinski definition) is 3. The molecule has 0 unspecified atom stereocenters. The molecule has 2 aliphatic rings. The third-order valence-corrected chi connectivity index (χ3v) is 9.35. The number of thiocarbonyl (C=S) groups is 1. The molecule has 0 radical (unpaired) electrons. The summed E-state index contributed by atoms with van der Waals surface area (Å²) in [6.45, 7) is 10.3. The van der Waals surface area contributed by atoms with Crippen LogP contribution in [0.15, 0.2) is 72.9 Å². The Labute approximate surface area is 266 Å². The lowest BCUT2D eigenvalue weighted by molar-refractivity contribution is -0.137. The summed E-state index contributed by atoms with van der Waals surface area (Å²) in [6, 6.07) is 18.7. The molecule has 10 heteroatoms. The summed E-state index contributed by atoms with van der Waals surface area (Å²) < 4.78 is 42.7. The van der Waals surface area contributed by atoms with Gasteiger partial charge in [-0.05, 0) is 104 Å². The fraction of sp³-hybridized carbons (Fsp3) is 0.353. The summed E-state index contributed by atoms with van der Waals surface area (Å²) in [5.74, 6) is 1.17. The highest BCUT2D eigenvalue weighted by Gasteiger charge is 2.42. The van der Waals surface area contributed by atoms with E-state index in [9.17, 15) is 13.2 Å². The van der Waals surface area contributed by atoms with E-state index < -0.39 is 11.7 Å². The number of anilines is 2. The summed E-state index contributed by atoms with van der Waals surface area (Å²) in [4.78, 5) is 9.07. The standard InChI is InChI=1S/C34H35ClF3N5S/c1-20-14-21(2)19-41(18-20)30-12-11-26(17-28(30)35)43-32(31(40-33(43)44)29-10-5-6-13-39-29)27-15-22(3)42(23(27)4)25-9-7-8-24(16-25)34(36,37)38/h5-13,15-17,20-21,31-32H,14,18-19H2,1-4H3,(H,40,44)/t20-,21+,31-,32-/m1/s1. The third kappa shape index (κ3) is 5.68. The molecular weight excluding hydrogens is 603 g/mol. The molecule has 4 heterocycles. The zero-order valence-corrected chi connectivity index (χ0v) is 26.6. The van der Waals surface area contributed by atoms with Gasteiger partial charge in [-0.3, -0.25) is 4.98 Å². The van der Waals surface area contributed by atoms with E-state index in [2.05, 4.69) is 46.1 Å². The normalized spacial score (nSPS) is 22.4. The first-order valence-corrected chi connectivity index (χ1v) is 15.6. The Bertz CT molecular complexity index is 1680. The monoisotopic (exact) mass is 637 g/mol. The van der Waals surface area contributed by atoms with Gasteiger partial charge in [0.25, 0.3) is 0 Å². The van der Waals surface area contributed by atoms with Gasteiger partial charge in [-0.15, -0.1) is 0 Å². The highest BCUT2D eigenvalue weighted by atomic mass is 35.5. The van der Waals surface area contributed by atoms with Gasteiger partial charge in [0, 0.05) is 42.0 Å². The van der Waals surface area contributed by atoms with Crippen LogP contribution in [0.2, 0.25) is 5.02 Å². The van der Waals surface area contributed by atoms with Crippen LogP contribution in [0, 0.1) is 25.7 Å². The van der Waals surface area contributed by atoms with Crippen LogP contribution in [-0.2, 0) is 6.18 Å². The fourth-order valence-corrected chi connectivity index (χ4v) is 7.66. The first-order valence-electron chi connectivity index (χ1n) is 14.8. The van der Waals surface area contributed by atoms with Crippen molar-refractivity contribution in [3.05, 3.63) is 106 Å². The molecule has 0 bridgehead atoms. The van der Waals surface area contributed by atoms with Gasteiger partial charge in [-0.25, -0.2) is 0 Å². The zero-order chi connectivity index (χ0) is 31.3. The van der Waals surface area contributed by atoms with Crippen molar-refractivity contribution in [1.82, 2.24) is 14.9 Å². The molecule has 44 heavy (non-hydrogen) atoms. The first-order chi connectivity index (χ1) is 20.9. The number of piperidine rings is 1. The highest BCUT2D eigenvalue weighted by molar-refractivity contribution is 7.80. The van der Waals surface area contributed by atoms with Crippen molar-refractivity contribution in [1.29, 1.82) is 0 Å². The van der Waals surface area contributed by atoms with Crippen molar-refractivity contribution in [2.45, 2.75) is 52.4 Å². The fourth-order valence-electron chi connectivity index (χ4n) is 7.02.